The van der Waals surface area contributed by atoms with Crippen LogP contribution in [0.25, 0.3) is 0 Å². The lowest BCUT2D eigenvalue weighted by atomic mass is 10.1. The van der Waals surface area contributed by atoms with Crippen LogP contribution in [0.3, 0.4) is 0 Å². The highest BCUT2D eigenvalue weighted by Crippen LogP contribution is 2.23. The number of nitrogens with zero attached hydrogens (tertiary/aromatic N) is 2. The molecule has 1 unspecified atom stereocenters. The van der Waals surface area contributed by atoms with Gasteiger partial charge >= 0.3 is 0 Å². The summed E-state index contributed by atoms with van der Waals surface area (Å²) in [7, 11) is -0.505. The number of amides is 1. The molecule has 0 aliphatic rings. The van der Waals surface area contributed by atoms with Crippen molar-refractivity contribution in [1.82, 2.24) is 19.6 Å². The molecule has 2 N–H and O–H groups in total. The zero-order chi connectivity index (χ0) is 19.4. The third-order valence-corrected chi connectivity index (χ3v) is 5.62. The van der Waals surface area contributed by atoms with Crippen LogP contribution in [0.5, 0.6) is 0 Å². The standard InChI is InChI=1S/C19H20N4O3S/c1-20-19(24)15-8-10-16(11-9-15)27(25,26)22-17(14-6-4-3-5-7-14)18-21-12-13-23(18)2/h3-13,17,22H,1-2H3,(H,20,24). The van der Waals surface area contributed by atoms with E-state index in [0.29, 0.717) is 11.4 Å². The molecule has 0 spiro atoms. The van der Waals surface area contributed by atoms with Crippen molar-refractivity contribution >= 4 is 15.9 Å². The molecule has 0 fully saturated rings. The van der Waals surface area contributed by atoms with E-state index in [1.807, 2.05) is 37.4 Å². The zero-order valence-electron chi connectivity index (χ0n) is 15.0. The molecule has 1 aromatic heterocycles. The summed E-state index contributed by atoms with van der Waals surface area (Å²) in [5, 5.41) is 2.50. The fourth-order valence-corrected chi connectivity index (χ4v) is 3.91. The van der Waals surface area contributed by atoms with Crippen molar-refractivity contribution in [1.29, 1.82) is 0 Å². The van der Waals surface area contributed by atoms with Crippen molar-refractivity contribution < 1.29 is 13.2 Å². The highest BCUT2D eigenvalue weighted by Gasteiger charge is 2.25. The van der Waals surface area contributed by atoms with E-state index in [1.165, 1.54) is 31.3 Å². The largest absolute Gasteiger partial charge is 0.355 e. The van der Waals surface area contributed by atoms with E-state index in [9.17, 15) is 13.2 Å². The minimum atomic E-state index is -3.83. The maximum absolute atomic E-state index is 12.9. The molecule has 2 aromatic carbocycles. The summed E-state index contributed by atoms with van der Waals surface area (Å²) >= 11 is 0. The van der Waals surface area contributed by atoms with Crippen molar-refractivity contribution in [3.63, 3.8) is 0 Å². The first-order valence-corrected chi connectivity index (χ1v) is 9.77. The Balaban J connectivity index is 1.95. The Hall–Kier alpha value is -2.97. The highest BCUT2D eigenvalue weighted by molar-refractivity contribution is 7.89. The number of nitrogens with one attached hydrogen (secondary N) is 2. The molecule has 1 heterocycles. The van der Waals surface area contributed by atoms with E-state index in [-0.39, 0.29) is 10.8 Å². The number of rotatable bonds is 6. The van der Waals surface area contributed by atoms with Crippen LogP contribution in [0.2, 0.25) is 0 Å². The fraction of sp³-hybridized carbons (Fsp3) is 0.158. The molecule has 1 amide bonds. The second kappa shape index (κ2) is 7.73. The van der Waals surface area contributed by atoms with Gasteiger partial charge in [0, 0.05) is 32.1 Å². The van der Waals surface area contributed by atoms with E-state index in [2.05, 4.69) is 15.0 Å². The van der Waals surface area contributed by atoms with Crippen molar-refractivity contribution in [2.75, 3.05) is 7.05 Å². The van der Waals surface area contributed by atoms with Gasteiger partial charge in [-0.3, -0.25) is 4.79 Å². The molecule has 7 nitrogen and oxygen atoms in total. The van der Waals surface area contributed by atoms with Gasteiger partial charge in [0.1, 0.15) is 11.9 Å². The molecule has 0 bridgehead atoms. The van der Waals surface area contributed by atoms with Crippen LogP contribution in [0.4, 0.5) is 0 Å². The quantitative estimate of drug-likeness (QED) is 0.678. The van der Waals surface area contributed by atoms with E-state index in [4.69, 9.17) is 0 Å². The maximum atomic E-state index is 12.9. The van der Waals surface area contributed by atoms with Crippen molar-refractivity contribution in [3.8, 4) is 0 Å². The molecule has 1 atom stereocenters. The lowest BCUT2D eigenvalue weighted by Gasteiger charge is -2.19. The third kappa shape index (κ3) is 4.07. The van der Waals surface area contributed by atoms with Crippen molar-refractivity contribution in [2.24, 2.45) is 7.05 Å². The van der Waals surface area contributed by atoms with E-state index >= 15 is 0 Å². The molecular weight excluding hydrogens is 364 g/mol. The second-order valence-electron chi connectivity index (χ2n) is 5.96. The van der Waals surface area contributed by atoms with E-state index in [0.717, 1.165) is 5.56 Å². The summed E-state index contributed by atoms with van der Waals surface area (Å²) in [5.41, 5.74) is 1.16. The number of hydrogen-bond donors (Lipinski definition) is 2. The molecule has 3 aromatic rings. The van der Waals surface area contributed by atoms with Gasteiger partial charge in [-0.1, -0.05) is 30.3 Å². The summed E-state index contributed by atoms with van der Waals surface area (Å²) in [6.45, 7) is 0. The van der Waals surface area contributed by atoms with Crippen molar-refractivity contribution in [3.05, 3.63) is 83.9 Å². The molecule has 0 saturated heterocycles. The lowest BCUT2D eigenvalue weighted by molar-refractivity contribution is 0.0963. The number of imidazole rings is 1. The van der Waals surface area contributed by atoms with Gasteiger partial charge in [-0.2, -0.15) is 4.72 Å². The number of carbonyl (C=O) groups is 1. The Kier molecular flexibility index (Phi) is 5.38. The molecule has 0 aliphatic heterocycles. The second-order valence-corrected chi connectivity index (χ2v) is 7.68. The maximum Gasteiger partial charge on any atom is 0.251 e. The predicted octanol–water partition coefficient (Wildman–Crippen LogP) is 1.85. The van der Waals surface area contributed by atoms with Gasteiger partial charge in [-0.25, -0.2) is 13.4 Å². The first-order valence-electron chi connectivity index (χ1n) is 8.29. The summed E-state index contributed by atoms with van der Waals surface area (Å²) in [6, 6.07) is 14.4. The molecule has 0 saturated carbocycles. The Morgan fingerprint density at radius 2 is 1.74 bits per heavy atom. The van der Waals surface area contributed by atoms with Gasteiger partial charge < -0.3 is 9.88 Å². The average molecular weight is 384 g/mol. The average Bonchev–Trinajstić information content (AvgIpc) is 3.12. The Morgan fingerprint density at radius 1 is 1.07 bits per heavy atom. The third-order valence-electron chi connectivity index (χ3n) is 4.18. The normalized spacial score (nSPS) is 12.5. The molecule has 27 heavy (non-hydrogen) atoms. The van der Waals surface area contributed by atoms with Gasteiger partial charge in [0.2, 0.25) is 10.0 Å². The van der Waals surface area contributed by atoms with Crippen LogP contribution in [0.15, 0.2) is 71.9 Å². The summed E-state index contributed by atoms with van der Waals surface area (Å²) in [5.74, 6) is 0.300. The smallest absolute Gasteiger partial charge is 0.251 e. The van der Waals surface area contributed by atoms with Crippen LogP contribution < -0.4 is 10.0 Å². The summed E-state index contributed by atoms with van der Waals surface area (Å²) in [6.07, 6.45) is 3.38. The van der Waals surface area contributed by atoms with Crippen molar-refractivity contribution in [2.45, 2.75) is 10.9 Å². The van der Waals surface area contributed by atoms with E-state index < -0.39 is 16.1 Å². The molecule has 8 heteroatoms. The number of benzene rings is 2. The van der Waals surface area contributed by atoms with Crippen LogP contribution in [0, 0.1) is 0 Å². The molecule has 0 aliphatic carbocycles. The first kappa shape index (κ1) is 18.8. The summed E-state index contributed by atoms with van der Waals surface area (Å²) < 4.78 is 30.3. The van der Waals surface area contributed by atoms with Crippen LogP contribution in [0.1, 0.15) is 27.8 Å². The molecule has 3 rings (SSSR count). The monoisotopic (exact) mass is 384 g/mol. The van der Waals surface area contributed by atoms with Gasteiger partial charge in [-0.05, 0) is 29.8 Å². The minimum absolute atomic E-state index is 0.0743. The van der Waals surface area contributed by atoms with E-state index in [1.54, 1.807) is 17.0 Å². The van der Waals surface area contributed by atoms with Gasteiger partial charge in [0.25, 0.3) is 5.91 Å². The molecule has 0 radical (unpaired) electrons. The minimum Gasteiger partial charge on any atom is -0.355 e. The topological polar surface area (TPSA) is 93.1 Å². The van der Waals surface area contributed by atoms with Gasteiger partial charge in [0.15, 0.2) is 0 Å². The Bertz CT molecular complexity index is 1030. The van der Waals surface area contributed by atoms with Gasteiger partial charge in [0.05, 0.1) is 4.90 Å². The van der Waals surface area contributed by atoms with Gasteiger partial charge in [-0.15, -0.1) is 0 Å². The molecule has 140 valence electrons. The Morgan fingerprint density at radius 3 is 2.30 bits per heavy atom. The summed E-state index contributed by atoms with van der Waals surface area (Å²) in [4.78, 5) is 16.0. The SMILES string of the molecule is CNC(=O)c1ccc(S(=O)(=O)NC(c2ccccc2)c2nccn2C)cc1. The predicted molar refractivity (Wildman–Crippen MR) is 102 cm³/mol. The number of sulfonamides is 1. The van der Waals surface area contributed by atoms with Crippen LogP contribution in [-0.4, -0.2) is 30.9 Å². The number of aryl methyl sites for hydroxylation is 1. The lowest BCUT2D eigenvalue weighted by Crippen LogP contribution is -2.31. The first-order chi connectivity index (χ1) is 12.9. The van der Waals surface area contributed by atoms with Crippen LogP contribution >= 0.6 is 0 Å². The Labute approximate surface area is 158 Å². The number of hydrogen-bond acceptors (Lipinski definition) is 4. The molecular formula is C19H20N4O3S. The number of carbonyl (C=O) groups excluding carboxylic acids is 1. The van der Waals surface area contributed by atoms with Crippen LogP contribution in [-0.2, 0) is 17.1 Å². The highest BCUT2D eigenvalue weighted by atomic mass is 32.2. The number of aromatic nitrogens is 2. The zero-order valence-corrected chi connectivity index (χ0v) is 15.8. The fourth-order valence-electron chi connectivity index (χ4n) is 2.72.